The number of nitrogens with two attached hydrogens (primary N) is 1. The highest BCUT2D eigenvalue weighted by molar-refractivity contribution is 5.85. The Morgan fingerprint density at radius 3 is 2.63 bits per heavy atom. The van der Waals surface area contributed by atoms with Gasteiger partial charge in [-0.3, -0.25) is 4.79 Å². The highest BCUT2D eigenvalue weighted by atomic mass is 35.5. The number of amides is 1. The van der Waals surface area contributed by atoms with Crippen molar-refractivity contribution < 1.29 is 9.53 Å². The predicted octanol–water partition coefficient (Wildman–Crippen LogP) is 1.61. The number of rotatable bonds is 5. The largest absolute Gasteiger partial charge is 0.496 e. The Balaban J connectivity index is 0.00000180. The van der Waals surface area contributed by atoms with Crippen LogP contribution in [0.4, 0.5) is 0 Å². The minimum absolute atomic E-state index is 0. The van der Waals surface area contributed by atoms with Gasteiger partial charge in [0.1, 0.15) is 5.75 Å². The molecule has 0 aromatic heterocycles. The van der Waals surface area contributed by atoms with Gasteiger partial charge in [0, 0.05) is 17.5 Å². The van der Waals surface area contributed by atoms with Gasteiger partial charge in [0.15, 0.2) is 0 Å². The van der Waals surface area contributed by atoms with E-state index in [0.29, 0.717) is 6.54 Å². The molecule has 1 aromatic carbocycles. The number of carbonyl (C=O) groups excluding carboxylic acids is 1. The first-order chi connectivity index (χ1) is 8.59. The lowest BCUT2D eigenvalue weighted by atomic mass is 9.95. The van der Waals surface area contributed by atoms with Crippen LogP contribution in [0.5, 0.6) is 5.75 Å². The smallest absolute Gasteiger partial charge is 0.236 e. The second kappa shape index (κ2) is 6.26. The van der Waals surface area contributed by atoms with Crippen LogP contribution in [0.25, 0.3) is 0 Å². The summed E-state index contributed by atoms with van der Waals surface area (Å²) in [5.74, 6) is 0.793. The van der Waals surface area contributed by atoms with Gasteiger partial charge in [-0.25, -0.2) is 0 Å². The molecule has 0 radical (unpaired) electrons. The van der Waals surface area contributed by atoms with E-state index >= 15 is 0 Å². The van der Waals surface area contributed by atoms with Gasteiger partial charge in [-0.2, -0.15) is 0 Å². The Morgan fingerprint density at radius 2 is 2.11 bits per heavy atom. The molecule has 0 heterocycles. The van der Waals surface area contributed by atoms with E-state index < -0.39 is 6.04 Å². The molecule has 1 fully saturated rings. The highest BCUT2D eigenvalue weighted by Crippen LogP contribution is 2.50. The van der Waals surface area contributed by atoms with Crippen LogP contribution in [-0.2, 0) is 10.2 Å². The summed E-state index contributed by atoms with van der Waals surface area (Å²) in [6.45, 7) is 2.33. The summed E-state index contributed by atoms with van der Waals surface area (Å²) in [6.07, 6.45) is 2.15. The molecule has 1 aliphatic carbocycles. The maximum Gasteiger partial charge on any atom is 0.236 e. The third-order valence-electron chi connectivity index (χ3n) is 3.55. The number of hydrogen-bond acceptors (Lipinski definition) is 3. The molecule has 3 N–H and O–H groups in total. The average molecular weight is 285 g/mol. The van der Waals surface area contributed by atoms with Crippen LogP contribution in [-0.4, -0.2) is 25.6 Å². The van der Waals surface area contributed by atoms with Crippen molar-refractivity contribution in [1.82, 2.24) is 5.32 Å². The molecule has 4 nitrogen and oxygen atoms in total. The van der Waals surface area contributed by atoms with E-state index in [0.717, 1.165) is 18.6 Å². The second-order valence-corrected chi connectivity index (χ2v) is 4.99. The van der Waals surface area contributed by atoms with Crippen molar-refractivity contribution in [2.24, 2.45) is 5.73 Å². The van der Waals surface area contributed by atoms with Crippen molar-refractivity contribution in [3.05, 3.63) is 29.8 Å². The van der Waals surface area contributed by atoms with E-state index in [1.54, 1.807) is 14.0 Å². The zero-order valence-corrected chi connectivity index (χ0v) is 12.1. The van der Waals surface area contributed by atoms with Gasteiger partial charge in [0.2, 0.25) is 5.91 Å². The lowest BCUT2D eigenvalue weighted by Gasteiger charge is -2.20. The highest BCUT2D eigenvalue weighted by Gasteiger charge is 2.46. The summed E-state index contributed by atoms with van der Waals surface area (Å²) in [4.78, 5) is 11.5. The molecule has 0 aliphatic heterocycles. The van der Waals surface area contributed by atoms with Crippen LogP contribution in [0, 0.1) is 0 Å². The van der Waals surface area contributed by atoms with Gasteiger partial charge in [0.25, 0.3) is 0 Å². The second-order valence-electron chi connectivity index (χ2n) is 4.99. The molecule has 0 unspecified atom stereocenters. The number of carbonyl (C=O) groups is 1. The molecule has 19 heavy (non-hydrogen) atoms. The van der Waals surface area contributed by atoms with Crippen LogP contribution in [0.2, 0.25) is 0 Å². The summed E-state index contributed by atoms with van der Waals surface area (Å²) in [7, 11) is 1.68. The minimum atomic E-state index is -0.460. The lowest BCUT2D eigenvalue weighted by Crippen LogP contribution is -2.41. The number of halogens is 1. The molecule has 1 amide bonds. The van der Waals surface area contributed by atoms with Gasteiger partial charge in [-0.15, -0.1) is 12.4 Å². The van der Waals surface area contributed by atoms with Gasteiger partial charge in [0.05, 0.1) is 13.2 Å². The average Bonchev–Trinajstić information content (AvgIpc) is 3.17. The molecular weight excluding hydrogens is 264 g/mol. The summed E-state index contributed by atoms with van der Waals surface area (Å²) >= 11 is 0. The Bertz CT molecular complexity index is 445. The topological polar surface area (TPSA) is 64.3 Å². The van der Waals surface area contributed by atoms with E-state index in [1.807, 2.05) is 18.2 Å². The number of benzene rings is 1. The van der Waals surface area contributed by atoms with E-state index in [-0.39, 0.29) is 23.7 Å². The van der Waals surface area contributed by atoms with Gasteiger partial charge < -0.3 is 15.8 Å². The van der Waals surface area contributed by atoms with Crippen molar-refractivity contribution >= 4 is 18.3 Å². The fourth-order valence-corrected chi connectivity index (χ4v) is 2.19. The summed E-state index contributed by atoms with van der Waals surface area (Å²) in [6, 6.07) is 7.54. The van der Waals surface area contributed by atoms with Gasteiger partial charge >= 0.3 is 0 Å². The molecule has 5 heteroatoms. The van der Waals surface area contributed by atoms with Gasteiger partial charge in [-0.1, -0.05) is 18.2 Å². The van der Waals surface area contributed by atoms with Crippen LogP contribution < -0.4 is 15.8 Å². The summed E-state index contributed by atoms with van der Waals surface area (Å²) in [5.41, 5.74) is 6.76. The number of para-hydroxylation sites is 1. The fraction of sp³-hybridized carbons (Fsp3) is 0.500. The zero-order valence-electron chi connectivity index (χ0n) is 11.3. The van der Waals surface area contributed by atoms with Crippen molar-refractivity contribution in [2.45, 2.75) is 31.2 Å². The van der Waals surface area contributed by atoms with Crippen LogP contribution in [0.3, 0.4) is 0 Å². The molecule has 2 rings (SSSR count). The maximum absolute atomic E-state index is 11.5. The minimum Gasteiger partial charge on any atom is -0.496 e. The zero-order chi connectivity index (χ0) is 13.2. The predicted molar refractivity (Wildman–Crippen MR) is 77.8 cm³/mol. The lowest BCUT2D eigenvalue weighted by molar-refractivity contribution is -0.122. The van der Waals surface area contributed by atoms with E-state index in [1.165, 1.54) is 5.56 Å². The molecule has 1 atom stereocenters. The van der Waals surface area contributed by atoms with Crippen molar-refractivity contribution in [3.63, 3.8) is 0 Å². The van der Waals surface area contributed by atoms with Crippen molar-refractivity contribution in [3.8, 4) is 5.75 Å². The molecule has 106 valence electrons. The number of ether oxygens (including phenoxy) is 1. The first kappa shape index (κ1) is 15.8. The standard InChI is InChI=1S/C14H20N2O2.ClH/c1-10(15)13(17)16-9-14(7-8-14)11-5-3-4-6-12(11)18-2;/h3-6,10H,7-9,15H2,1-2H3,(H,16,17);1H/t10-;/m1./s1. The first-order valence-corrected chi connectivity index (χ1v) is 6.26. The van der Waals surface area contributed by atoms with Crippen molar-refractivity contribution in [1.29, 1.82) is 0 Å². The number of nitrogens with one attached hydrogen (secondary N) is 1. The number of methoxy groups -OCH3 is 1. The van der Waals surface area contributed by atoms with E-state index in [2.05, 4.69) is 11.4 Å². The monoisotopic (exact) mass is 284 g/mol. The van der Waals surface area contributed by atoms with Crippen molar-refractivity contribution in [2.75, 3.05) is 13.7 Å². The molecular formula is C14H21ClN2O2. The first-order valence-electron chi connectivity index (χ1n) is 6.26. The van der Waals surface area contributed by atoms with Crippen LogP contribution in [0.1, 0.15) is 25.3 Å². The number of hydrogen-bond donors (Lipinski definition) is 2. The molecule has 0 spiro atoms. The van der Waals surface area contributed by atoms with E-state index in [9.17, 15) is 4.79 Å². The van der Waals surface area contributed by atoms with Gasteiger partial charge in [-0.05, 0) is 25.8 Å². The molecule has 1 saturated carbocycles. The Hall–Kier alpha value is -1.26. The molecule has 1 aromatic rings. The third kappa shape index (κ3) is 3.39. The fourth-order valence-electron chi connectivity index (χ4n) is 2.19. The molecule has 0 bridgehead atoms. The summed E-state index contributed by atoms with van der Waals surface area (Å²) in [5, 5.41) is 2.92. The Kier molecular flexibility index (Phi) is 5.20. The Morgan fingerprint density at radius 1 is 1.47 bits per heavy atom. The van der Waals surface area contributed by atoms with E-state index in [4.69, 9.17) is 10.5 Å². The van der Waals surface area contributed by atoms with Crippen LogP contribution in [0.15, 0.2) is 24.3 Å². The quantitative estimate of drug-likeness (QED) is 0.863. The molecule has 1 aliphatic rings. The SMILES string of the molecule is COc1ccccc1C1(CNC(=O)[C@@H](C)N)CC1.Cl. The van der Waals surface area contributed by atoms with Crippen LogP contribution >= 0.6 is 12.4 Å². The normalized spacial score (nSPS) is 17.0. The Labute approximate surface area is 120 Å². The molecule has 0 saturated heterocycles. The third-order valence-corrected chi connectivity index (χ3v) is 3.55. The maximum atomic E-state index is 11.5. The summed E-state index contributed by atoms with van der Waals surface area (Å²) < 4.78 is 5.39.